The van der Waals surface area contributed by atoms with Gasteiger partial charge < -0.3 is 0 Å². The molecule has 0 saturated heterocycles. The minimum atomic E-state index is -3.80. The van der Waals surface area contributed by atoms with Gasteiger partial charge in [-0.2, -0.15) is 0 Å². The number of fused-ring (bicyclic) bond motifs is 2. The quantitative estimate of drug-likeness (QED) is 0.545. The highest BCUT2D eigenvalue weighted by atomic mass is 32.2. The van der Waals surface area contributed by atoms with Crippen LogP contribution in [-0.2, 0) is 21.1 Å². The molecular weight excluding hydrogens is 404 g/mol. The van der Waals surface area contributed by atoms with E-state index in [1.54, 1.807) is 30.3 Å². The molecule has 0 aliphatic heterocycles. The van der Waals surface area contributed by atoms with Gasteiger partial charge in [-0.25, -0.2) is 8.42 Å². The number of benzene rings is 3. The van der Waals surface area contributed by atoms with E-state index in [9.17, 15) is 13.2 Å². The van der Waals surface area contributed by atoms with Crippen molar-refractivity contribution in [3.8, 4) is 0 Å². The predicted octanol–water partition coefficient (Wildman–Crippen LogP) is 5.63. The fourth-order valence-corrected chi connectivity index (χ4v) is 6.47. The molecule has 0 spiro atoms. The Morgan fingerprint density at radius 2 is 1.32 bits per heavy atom. The summed E-state index contributed by atoms with van der Waals surface area (Å²) in [6.45, 7) is 0. The molecule has 0 fully saturated rings. The Balaban J connectivity index is 1.86. The molecule has 0 saturated carbocycles. The predicted molar refractivity (Wildman–Crippen MR) is 123 cm³/mol. The number of carbonyl (C=O) groups excluding carboxylic acids is 1. The number of allylic oxidation sites excluding steroid dienone is 3. The van der Waals surface area contributed by atoms with Crippen molar-refractivity contribution < 1.29 is 13.2 Å². The molecule has 3 aromatic carbocycles. The number of hydrogen-bond donors (Lipinski definition) is 0. The summed E-state index contributed by atoms with van der Waals surface area (Å²) in [7, 11) is -3.80. The third kappa shape index (κ3) is 3.37. The molecule has 0 bridgehead atoms. The van der Waals surface area contributed by atoms with Crippen molar-refractivity contribution in [2.24, 2.45) is 0 Å². The van der Waals surface area contributed by atoms with Crippen LogP contribution in [0, 0.1) is 0 Å². The van der Waals surface area contributed by atoms with Crippen LogP contribution in [0.2, 0.25) is 0 Å². The zero-order chi connectivity index (χ0) is 21.4. The van der Waals surface area contributed by atoms with E-state index in [0.29, 0.717) is 22.5 Å². The summed E-state index contributed by atoms with van der Waals surface area (Å²) in [6.07, 6.45) is 2.46. The van der Waals surface area contributed by atoms with Crippen LogP contribution >= 0.6 is 0 Å². The topological polar surface area (TPSA) is 51.2 Å². The van der Waals surface area contributed by atoms with Gasteiger partial charge >= 0.3 is 0 Å². The van der Waals surface area contributed by atoms with Crippen LogP contribution in [0.1, 0.15) is 36.0 Å². The monoisotopic (exact) mass is 426 g/mol. The van der Waals surface area contributed by atoms with E-state index in [2.05, 4.69) is 0 Å². The van der Waals surface area contributed by atoms with Crippen LogP contribution in [0.25, 0.3) is 10.5 Å². The van der Waals surface area contributed by atoms with E-state index in [4.69, 9.17) is 0 Å². The highest BCUT2D eigenvalue weighted by Crippen LogP contribution is 2.46. The van der Waals surface area contributed by atoms with Crippen LogP contribution in [0.4, 0.5) is 0 Å². The second-order valence-corrected chi connectivity index (χ2v) is 9.84. The number of carbonyl (C=O) groups is 1. The van der Waals surface area contributed by atoms with Crippen LogP contribution in [0.3, 0.4) is 0 Å². The van der Waals surface area contributed by atoms with Crippen molar-refractivity contribution >= 4 is 26.1 Å². The molecule has 0 N–H and O–H groups in total. The summed E-state index contributed by atoms with van der Waals surface area (Å²) in [5, 5.41) is 0. The van der Waals surface area contributed by atoms with Gasteiger partial charge in [0.05, 0.1) is 9.80 Å². The Hall–Kier alpha value is -3.24. The van der Waals surface area contributed by atoms with Crippen LogP contribution < -0.4 is 0 Å². The molecule has 0 radical (unpaired) electrons. The Morgan fingerprint density at radius 3 is 2.06 bits per heavy atom. The van der Waals surface area contributed by atoms with E-state index < -0.39 is 9.84 Å². The molecule has 0 aromatic heterocycles. The molecule has 0 heterocycles. The third-order valence-electron chi connectivity index (χ3n) is 6.08. The van der Waals surface area contributed by atoms with Crippen LogP contribution in [0.5, 0.6) is 0 Å². The highest BCUT2D eigenvalue weighted by Gasteiger charge is 2.36. The Bertz CT molecular complexity index is 1330. The smallest absolute Gasteiger partial charge is 0.207 e. The first-order valence-electron chi connectivity index (χ1n) is 10.5. The maximum atomic E-state index is 13.9. The molecule has 0 unspecified atom stereocenters. The van der Waals surface area contributed by atoms with Gasteiger partial charge in [0.25, 0.3) is 0 Å². The van der Waals surface area contributed by atoms with E-state index in [1.807, 2.05) is 54.6 Å². The Labute approximate surface area is 182 Å². The molecule has 4 heteroatoms. The Morgan fingerprint density at radius 1 is 0.677 bits per heavy atom. The number of Topliss-reactive ketones (excluding diaryl/α,β-unsaturated/α-hetero) is 1. The normalized spacial score (nSPS) is 18.9. The van der Waals surface area contributed by atoms with Gasteiger partial charge in [-0.1, -0.05) is 72.8 Å². The average Bonchev–Trinajstić information content (AvgIpc) is 3.09. The van der Waals surface area contributed by atoms with Crippen LogP contribution in [0.15, 0.2) is 101 Å². The van der Waals surface area contributed by atoms with Gasteiger partial charge in [-0.3, -0.25) is 4.79 Å². The van der Waals surface area contributed by atoms with Crippen molar-refractivity contribution in [2.45, 2.75) is 30.6 Å². The largest absolute Gasteiger partial charge is 0.294 e. The first kappa shape index (κ1) is 19.7. The van der Waals surface area contributed by atoms with E-state index in [1.165, 1.54) is 0 Å². The molecule has 0 amide bonds. The standard InChI is InChI=1S/C27H22O3S/c28-25-18-24-23(26(25)20-11-3-1-4-12-20)17-9-13-19-10-7-8-16-22(19)27(24)31(29,30)21-14-5-2-6-15-21/h1-8,10-12,14-16H,9,13,17-18H2/b27-24+. The SMILES string of the molecule is O=C1C/C2=C(\S(=O)(=O)c3ccccc3)c3ccccc3CCCC2=C1c1ccccc1. The maximum Gasteiger partial charge on any atom is 0.207 e. The van der Waals surface area contributed by atoms with Crippen molar-refractivity contribution in [1.29, 1.82) is 0 Å². The number of ketones is 1. The van der Waals surface area contributed by atoms with Gasteiger partial charge in [0.15, 0.2) is 5.78 Å². The highest BCUT2D eigenvalue weighted by molar-refractivity contribution is 8.00. The molecule has 3 nitrogen and oxygen atoms in total. The number of rotatable bonds is 3. The molecule has 154 valence electrons. The third-order valence-corrected chi connectivity index (χ3v) is 7.97. The summed E-state index contributed by atoms with van der Waals surface area (Å²) >= 11 is 0. The minimum absolute atomic E-state index is 0.00339. The molecule has 2 aliphatic carbocycles. The Kier molecular flexibility index (Phi) is 4.95. The van der Waals surface area contributed by atoms with E-state index in [-0.39, 0.29) is 17.1 Å². The summed E-state index contributed by atoms with van der Waals surface area (Å²) < 4.78 is 27.8. The molecule has 5 rings (SSSR count). The molecule has 3 aromatic rings. The summed E-state index contributed by atoms with van der Waals surface area (Å²) in [5.41, 5.74) is 4.84. The first-order chi connectivity index (χ1) is 15.1. The fraction of sp³-hybridized carbons (Fsp3) is 0.148. The van der Waals surface area contributed by atoms with E-state index >= 15 is 0 Å². The first-order valence-corrected chi connectivity index (χ1v) is 12.0. The molecular formula is C27H22O3S. The average molecular weight is 427 g/mol. The zero-order valence-corrected chi connectivity index (χ0v) is 17.9. The van der Waals surface area contributed by atoms with Gasteiger partial charge in [-0.15, -0.1) is 0 Å². The van der Waals surface area contributed by atoms with Crippen molar-refractivity contribution in [2.75, 3.05) is 0 Å². The number of sulfone groups is 1. The van der Waals surface area contributed by atoms with Crippen molar-refractivity contribution in [3.05, 3.63) is 113 Å². The van der Waals surface area contributed by atoms with Gasteiger partial charge in [0.1, 0.15) is 0 Å². The summed E-state index contributed by atoms with van der Waals surface area (Å²) in [5.74, 6) is -0.00339. The minimum Gasteiger partial charge on any atom is -0.294 e. The summed E-state index contributed by atoms with van der Waals surface area (Å²) in [4.78, 5) is 13.8. The second kappa shape index (κ2) is 7.78. The lowest BCUT2D eigenvalue weighted by atomic mass is 9.90. The molecule has 0 atom stereocenters. The lowest BCUT2D eigenvalue weighted by Crippen LogP contribution is -2.11. The summed E-state index contributed by atoms with van der Waals surface area (Å²) in [6, 6.07) is 25.8. The van der Waals surface area contributed by atoms with Gasteiger partial charge in [0.2, 0.25) is 9.84 Å². The maximum absolute atomic E-state index is 13.9. The zero-order valence-electron chi connectivity index (χ0n) is 17.0. The van der Waals surface area contributed by atoms with Gasteiger partial charge in [-0.05, 0) is 59.2 Å². The second-order valence-electron chi connectivity index (χ2n) is 7.95. The van der Waals surface area contributed by atoms with Crippen LogP contribution in [-0.4, -0.2) is 14.2 Å². The molecule has 2 aliphatic rings. The number of hydrogen-bond acceptors (Lipinski definition) is 3. The van der Waals surface area contributed by atoms with E-state index in [0.717, 1.165) is 35.1 Å². The van der Waals surface area contributed by atoms with Crippen molar-refractivity contribution in [1.82, 2.24) is 0 Å². The number of aryl methyl sites for hydroxylation is 1. The lowest BCUT2D eigenvalue weighted by Gasteiger charge is -2.21. The fourth-order valence-electron chi connectivity index (χ4n) is 4.71. The van der Waals surface area contributed by atoms with Crippen molar-refractivity contribution in [3.63, 3.8) is 0 Å². The molecule has 31 heavy (non-hydrogen) atoms. The lowest BCUT2D eigenvalue weighted by molar-refractivity contribution is -0.112. The van der Waals surface area contributed by atoms with Gasteiger partial charge in [0, 0.05) is 12.0 Å².